The maximum atomic E-state index is 13.1. The second-order valence-corrected chi connectivity index (χ2v) is 6.48. The molecule has 148 valence electrons. The largest absolute Gasteiger partial charge is 0.416 e. The third-order valence-corrected chi connectivity index (χ3v) is 4.63. The number of rotatable bonds is 8. The fraction of sp³-hybridized carbons (Fsp3) is 0.706. The normalized spacial score (nSPS) is 22.2. The van der Waals surface area contributed by atoms with Gasteiger partial charge in [0.1, 0.15) is 13.1 Å². The number of nitrogens with zero attached hydrogens (tertiary/aromatic N) is 6. The summed E-state index contributed by atoms with van der Waals surface area (Å²) in [6.07, 6.45) is 0. The lowest BCUT2D eigenvalue weighted by Crippen LogP contribution is -2.63. The molecule has 0 aliphatic carbocycles. The molecule has 10 nitrogen and oxygen atoms in total. The standard InChI is InChI=1S/C17H27N6O4/c1-5-26-9-7-21-15(24)13-14(20(4)17(21)25)18-16-22(13)11-12(3)19-23(16)8-10-27-6-2/h13H,5-11H2,1-4H3/q+1. The zero-order valence-corrected chi connectivity index (χ0v) is 16.3. The number of amidine groups is 1. The molecule has 3 heterocycles. The van der Waals surface area contributed by atoms with E-state index in [0.717, 1.165) is 5.71 Å². The number of fused-ring (bicyclic) bond motifs is 2. The monoisotopic (exact) mass is 379 g/mol. The highest BCUT2D eigenvalue weighted by molar-refractivity contribution is 6.23. The lowest BCUT2D eigenvalue weighted by atomic mass is 10.1. The van der Waals surface area contributed by atoms with Gasteiger partial charge in [0.05, 0.1) is 25.5 Å². The molecule has 0 aromatic heterocycles. The average Bonchev–Trinajstić information content (AvgIpc) is 3.02. The molecule has 3 aliphatic rings. The van der Waals surface area contributed by atoms with Crippen LogP contribution in [0.15, 0.2) is 10.1 Å². The Balaban J connectivity index is 1.86. The average molecular weight is 379 g/mol. The molecule has 1 saturated heterocycles. The summed E-state index contributed by atoms with van der Waals surface area (Å²) in [5, 5.41) is 6.29. The summed E-state index contributed by atoms with van der Waals surface area (Å²) in [7, 11) is 1.64. The summed E-state index contributed by atoms with van der Waals surface area (Å²) in [4.78, 5) is 33.0. The second-order valence-electron chi connectivity index (χ2n) is 6.48. The van der Waals surface area contributed by atoms with E-state index in [1.807, 2.05) is 25.3 Å². The van der Waals surface area contributed by atoms with Gasteiger partial charge < -0.3 is 9.47 Å². The number of hydrazone groups is 1. The van der Waals surface area contributed by atoms with Crippen LogP contribution in [0.25, 0.3) is 0 Å². The first kappa shape index (κ1) is 19.4. The van der Waals surface area contributed by atoms with E-state index in [1.54, 1.807) is 12.1 Å². The number of likely N-dealkylation sites (N-methyl/N-ethyl adjacent to an activating group) is 1. The first-order valence-electron chi connectivity index (χ1n) is 9.27. The van der Waals surface area contributed by atoms with Crippen LogP contribution in [0.3, 0.4) is 0 Å². The van der Waals surface area contributed by atoms with Crippen LogP contribution in [-0.2, 0) is 14.3 Å². The lowest BCUT2D eigenvalue weighted by Gasteiger charge is -2.34. The number of amides is 3. The number of aliphatic imine (C=N–C) groups is 1. The van der Waals surface area contributed by atoms with E-state index in [-0.39, 0.29) is 18.5 Å². The predicted octanol–water partition coefficient (Wildman–Crippen LogP) is -0.206. The molecule has 0 bridgehead atoms. The molecule has 3 amide bonds. The first-order chi connectivity index (χ1) is 13.0. The van der Waals surface area contributed by atoms with Crippen LogP contribution >= 0.6 is 0 Å². The highest BCUT2D eigenvalue weighted by Crippen LogP contribution is 2.22. The quantitative estimate of drug-likeness (QED) is 0.430. The summed E-state index contributed by atoms with van der Waals surface area (Å²) >= 11 is 0. The molecule has 0 aromatic carbocycles. The Morgan fingerprint density at radius 3 is 2.48 bits per heavy atom. The topological polar surface area (TPSA) is 90.0 Å². The van der Waals surface area contributed by atoms with Gasteiger partial charge in [0.25, 0.3) is 5.91 Å². The SMILES string of the molecule is CCOCCN1N=C(C)C[N+]2=C1N=C1C2C(=O)N(CCOCC)C(=O)N1C. The molecular formula is C17H27N6O4+. The van der Waals surface area contributed by atoms with Crippen molar-refractivity contribution in [3.05, 3.63) is 0 Å². The summed E-state index contributed by atoms with van der Waals surface area (Å²) < 4.78 is 12.7. The maximum Gasteiger partial charge on any atom is 0.416 e. The third kappa shape index (κ3) is 3.59. The van der Waals surface area contributed by atoms with Crippen LogP contribution in [0.1, 0.15) is 20.8 Å². The van der Waals surface area contributed by atoms with Gasteiger partial charge in [-0.2, -0.15) is 0 Å². The fourth-order valence-corrected chi connectivity index (χ4v) is 3.35. The zero-order chi connectivity index (χ0) is 19.6. The minimum absolute atomic E-state index is 0.226. The molecule has 1 unspecified atom stereocenters. The minimum atomic E-state index is -0.621. The number of ether oxygens (including phenoxy) is 2. The van der Waals surface area contributed by atoms with E-state index in [0.29, 0.717) is 51.3 Å². The lowest BCUT2D eigenvalue weighted by molar-refractivity contribution is -0.527. The van der Waals surface area contributed by atoms with E-state index in [9.17, 15) is 9.59 Å². The van der Waals surface area contributed by atoms with Gasteiger partial charge in [0, 0.05) is 20.3 Å². The Morgan fingerprint density at radius 1 is 1.15 bits per heavy atom. The van der Waals surface area contributed by atoms with Crippen molar-refractivity contribution in [2.24, 2.45) is 10.1 Å². The highest BCUT2D eigenvalue weighted by atomic mass is 16.5. The Hall–Kier alpha value is -2.33. The Bertz CT molecular complexity index is 716. The van der Waals surface area contributed by atoms with Gasteiger partial charge in [-0.05, 0) is 20.8 Å². The molecular weight excluding hydrogens is 352 g/mol. The van der Waals surface area contributed by atoms with Crippen molar-refractivity contribution in [3.8, 4) is 0 Å². The summed E-state index contributed by atoms with van der Waals surface area (Å²) in [6, 6.07) is -1.00. The molecule has 3 rings (SSSR count). The molecule has 1 atom stereocenters. The van der Waals surface area contributed by atoms with Gasteiger partial charge in [0.2, 0.25) is 11.9 Å². The third-order valence-electron chi connectivity index (χ3n) is 4.63. The first-order valence-corrected chi connectivity index (χ1v) is 9.27. The smallest absolute Gasteiger partial charge is 0.380 e. The van der Waals surface area contributed by atoms with Crippen molar-refractivity contribution in [1.29, 1.82) is 0 Å². The van der Waals surface area contributed by atoms with E-state index in [4.69, 9.17) is 9.47 Å². The van der Waals surface area contributed by atoms with Crippen LogP contribution < -0.4 is 0 Å². The van der Waals surface area contributed by atoms with Gasteiger partial charge >= 0.3 is 12.0 Å². The number of hydrogen-bond donors (Lipinski definition) is 0. The Labute approximate surface area is 158 Å². The van der Waals surface area contributed by atoms with Crippen molar-refractivity contribution < 1.29 is 23.6 Å². The molecule has 0 spiro atoms. The predicted molar refractivity (Wildman–Crippen MR) is 99.0 cm³/mol. The fourth-order valence-electron chi connectivity index (χ4n) is 3.35. The van der Waals surface area contributed by atoms with E-state index >= 15 is 0 Å². The number of guanidine groups is 1. The van der Waals surface area contributed by atoms with Crippen LogP contribution in [0.2, 0.25) is 0 Å². The summed E-state index contributed by atoms with van der Waals surface area (Å²) in [5.74, 6) is 0.755. The molecule has 1 fully saturated rings. The van der Waals surface area contributed by atoms with E-state index in [2.05, 4.69) is 10.1 Å². The molecule has 10 heteroatoms. The number of carbonyl (C=O) groups is 2. The maximum absolute atomic E-state index is 13.1. The molecule has 0 N–H and O–H groups in total. The van der Waals surface area contributed by atoms with E-state index in [1.165, 1.54) is 9.80 Å². The van der Waals surface area contributed by atoms with E-state index < -0.39 is 6.04 Å². The van der Waals surface area contributed by atoms with Gasteiger partial charge in [-0.3, -0.25) is 14.6 Å². The van der Waals surface area contributed by atoms with Crippen molar-refractivity contribution in [2.45, 2.75) is 26.8 Å². The van der Waals surface area contributed by atoms with Gasteiger partial charge in [0.15, 0.2) is 0 Å². The number of carbonyl (C=O) groups excluding carboxylic acids is 2. The molecule has 27 heavy (non-hydrogen) atoms. The highest BCUT2D eigenvalue weighted by Gasteiger charge is 2.54. The summed E-state index contributed by atoms with van der Waals surface area (Å²) in [6.45, 7) is 8.95. The van der Waals surface area contributed by atoms with Crippen LogP contribution in [0, 0.1) is 0 Å². The van der Waals surface area contributed by atoms with Crippen LogP contribution in [0.5, 0.6) is 0 Å². The van der Waals surface area contributed by atoms with Gasteiger partial charge in [-0.1, -0.05) is 4.99 Å². The molecule has 3 aliphatic heterocycles. The number of urea groups is 1. The van der Waals surface area contributed by atoms with Crippen molar-refractivity contribution in [1.82, 2.24) is 14.8 Å². The van der Waals surface area contributed by atoms with Gasteiger partial charge in [-0.15, -0.1) is 10.1 Å². The van der Waals surface area contributed by atoms with Crippen LogP contribution in [-0.4, -0.2) is 108 Å². The van der Waals surface area contributed by atoms with Crippen molar-refractivity contribution >= 4 is 29.4 Å². The summed E-state index contributed by atoms with van der Waals surface area (Å²) in [5.41, 5.74) is 0.875. The molecule has 0 saturated carbocycles. The van der Waals surface area contributed by atoms with Gasteiger partial charge in [-0.25, -0.2) is 9.37 Å². The number of imide groups is 1. The number of hydrogen-bond acceptors (Lipinski definition) is 7. The Morgan fingerprint density at radius 2 is 1.81 bits per heavy atom. The van der Waals surface area contributed by atoms with Crippen molar-refractivity contribution in [3.63, 3.8) is 0 Å². The molecule has 0 aromatic rings. The molecule has 0 radical (unpaired) electrons. The zero-order valence-electron chi connectivity index (χ0n) is 16.3. The van der Waals surface area contributed by atoms with Crippen LogP contribution in [0.4, 0.5) is 4.79 Å². The van der Waals surface area contributed by atoms with Crippen molar-refractivity contribution in [2.75, 3.05) is 53.1 Å². The second kappa shape index (κ2) is 8.13. The minimum Gasteiger partial charge on any atom is -0.380 e. The Kier molecular flexibility index (Phi) is 5.85.